The van der Waals surface area contributed by atoms with E-state index in [4.69, 9.17) is 16.3 Å². The maximum absolute atomic E-state index is 12.1. The molecule has 1 aliphatic heterocycles. The first-order valence-corrected chi connectivity index (χ1v) is 13.3. The van der Waals surface area contributed by atoms with Crippen molar-refractivity contribution < 1.29 is 9.53 Å². The molecule has 2 aromatic rings. The van der Waals surface area contributed by atoms with E-state index in [9.17, 15) is 4.79 Å². The molecule has 1 saturated heterocycles. The first kappa shape index (κ1) is 23.5. The van der Waals surface area contributed by atoms with E-state index < -0.39 is 0 Å². The van der Waals surface area contributed by atoms with Crippen molar-refractivity contribution in [1.29, 1.82) is 0 Å². The Labute approximate surface area is 211 Å². The number of hydrazone groups is 1. The highest BCUT2D eigenvalue weighted by Gasteiger charge is 2.32. The van der Waals surface area contributed by atoms with Crippen molar-refractivity contribution in [1.82, 2.24) is 5.43 Å². The van der Waals surface area contributed by atoms with Gasteiger partial charge in [0.1, 0.15) is 12.4 Å². The minimum atomic E-state index is -0.0604. The molecular formula is C20H19ClI2N2O2S2. The Morgan fingerprint density at radius 3 is 2.59 bits per heavy atom. The molecule has 0 aromatic heterocycles. The van der Waals surface area contributed by atoms with E-state index in [1.54, 1.807) is 6.21 Å². The Balaban J connectivity index is 1.59. The molecule has 0 radical (unpaired) electrons. The predicted molar refractivity (Wildman–Crippen MR) is 141 cm³/mol. The van der Waals surface area contributed by atoms with E-state index in [1.807, 2.05) is 59.9 Å². The van der Waals surface area contributed by atoms with Crippen molar-refractivity contribution in [3.05, 3.63) is 59.7 Å². The predicted octanol–water partition coefficient (Wildman–Crippen LogP) is 6.16. The van der Waals surface area contributed by atoms with Gasteiger partial charge in [0.05, 0.1) is 23.9 Å². The summed E-state index contributed by atoms with van der Waals surface area (Å²) in [5.74, 6) is 2.95. The highest BCUT2D eigenvalue weighted by Crippen LogP contribution is 2.45. The van der Waals surface area contributed by atoms with Gasteiger partial charge in [-0.15, -0.1) is 23.5 Å². The number of hydrogen-bond acceptors (Lipinski definition) is 5. The fourth-order valence-corrected chi connectivity index (χ4v) is 7.87. The van der Waals surface area contributed by atoms with Gasteiger partial charge in [0.25, 0.3) is 0 Å². The third-order valence-electron chi connectivity index (χ3n) is 4.13. The number of amides is 1. The van der Waals surface area contributed by atoms with E-state index >= 15 is 0 Å². The van der Waals surface area contributed by atoms with Gasteiger partial charge in [-0.05, 0) is 75.9 Å². The Morgan fingerprint density at radius 1 is 1.28 bits per heavy atom. The minimum absolute atomic E-state index is 0.0367. The SMILES string of the molecule is CC1(CC(=O)N/N=C\c2cc(I)c(OCc3ccccc3Cl)c(I)c2)SCCS1. The lowest BCUT2D eigenvalue weighted by Crippen LogP contribution is -2.26. The van der Waals surface area contributed by atoms with Crippen LogP contribution < -0.4 is 10.2 Å². The number of benzene rings is 2. The first-order chi connectivity index (χ1) is 13.9. The lowest BCUT2D eigenvalue weighted by Gasteiger charge is -2.19. The van der Waals surface area contributed by atoms with E-state index in [0.29, 0.717) is 18.1 Å². The van der Waals surface area contributed by atoms with Crippen LogP contribution in [0.3, 0.4) is 0 Å². The standard InChI is InChI=1S/C20H19ClI2N2O2S2/c1-20(28-6-7-29-20)10-18(26)25-24-11-13-8-16(22)19(17(23)9-13)27-12-14-4-2-3-5-15(14)21/h2-5,8-9,11H,6-7,10,12H2,1H3,(H,25,26)/b24-11-. The molecule has 0 unspecified atom stereocenters. The average Bonchev–Trinajstić information content (AvgIpc) is 3.08. The number of carbonyl (C=O) groups excluding carboxylic acids is 1. The topological polar surface area (TPSA) is 50.7 Å². The average molecular weight is 673 g/mol. The van der Waals surface area contributed by atoms with Crippen LogP contribution in [0.2, 0.25) is 5.02 Å². The second-order valence-electron chi connectivity index (χ2n) is 6.49. The molecule has 1 amide bonds. The minimum Gasteiger partial charge on any atom is -0.487 e. The fraction of sp³-hybridized carbons (Fsp3) is 0.300. The summed E-state index contributed by atoms with van der Waals surface area (Å²) in [4.78, 5) is 12.1. The summed E-state index contributed by atoms with van der Waals surface area (Å²) < 4.78 is 7.91. The third-order valence-corrected chi connectivity index (χ3v) is 9.40. The van der Waals surface area contributed by atoms with Gasteiger partial charge in [-0.3, -0.25) is 4.79 Å². The fourth-order valence-electron chi connectivity index (χ4n) is 2.73. The summed E-state index contributed by atoms with van der Waals surface area (Å²) in [7, 11) is 0. The largest absolute Gasteiger partial charge is 0.487 e. The van der Waals surface area contributed by atoms with Gasteiger partial charge in [0, 0.05) is 22.1 Å². The second kappa shape index (κ2) is 10.9. The molecule has 9 heteroatoms. The van der Waals surface area contributed by atoms with Crippen LogP contribution in [-0.2, 0) is 11.4 Å². The summed E-state index contributed by atoms with van der Waals surface area (Å²) in [6.07, 6.45) is 2.13. The van der Waals surface area contributed by atoms with Crippen LogP contribution in [0.1, 0.15) is 24.5 Å². The van der Waals surface area contributed by atoms with Gasteiger partial charge in [0.15, 0.2) is 0 Å². The van der Waals surface area contributed by atoms with Crippen molar-refractivity contribution >= 4 is 92.4 Å². The zero-order valence-electron chi connectivity index (χ0n) is 15.6. The van der Waals surface area contributed by atoms with Gasteiger partial charge in [0.2, 0.25) is 5.91 Å². The number of nitrogens with zero attached hydrogens (tertiary/aromatic N) is 1. The van der Waals surface area contributed by atoms with Crippen molar-refractivity contribution in [2.75, 3.05) is 11.5 Å². The van der Waals surface area contributed by atoms with E-state index in [0.717, 1.165) is 35.5 Å². The Bertz CT molecular complexity index is 898. The van der Waals surface area contributed by atoms with Crippen LogP contribution in [0.25, 0.3) is 0 Å². The summed E-state index contributed by atoms with van der Waals surface area (Å²) in [5, 5.41) is 4.82. The molecule has 1 fully saturated rings. The molecule has 1 heterocycles. The van der Waals surface area contributed by atoms with Crippen LogP contribution in [0.5, 0.6) is 5.75 Å². The second-order valence-corrected chi connectivity index (χ2v) is 12.7. The maximum Gasteiger partial charge on any atom is 0.242 e. The Hall–Kier alpha value is -0.170. The molecule has 0 bridgehead atoms. The first-order valence-electron chi connectivity index (χ1n) is 8.81. The number of carbonyl (C=O) groups is 1. The lowest BCUT2D eigenvalue weighted by atomic mass is 10.2. The summed E-state index contributed by atoms with van der Waals surface area (Å²) in [6, 6.07) is 11.6. The van der Waals surface area contributed by atoms with E-state index in [-0.39, 0.29) is 9.99 Å². The molecule has 3 rings (SSSR count). The van der Waals surface area contributed by atoms with Gasteiger partial charge < -0.3 is 4.74 Å². The molecular weight excluding hydrogens is 654 g/mol. The summed E-state index contributed by atoms with van der Waals surface area (Å²) in [5.41, 5.74) is 4.49. The van der Waals surface area contributed by atoms with Gasteiger partial charge >= 0.3 is 0 Å². The zero-order valence-corrected chi connectivity index (χ0v) is 22.3. The number of ether oxygens (including phenoxy) is 1. The highest BCUT2D eigenvalue weighted by molar-refractivity contribution is 14.1. The molecule has 154 valence electrons. The summed E-state index contributed by atoms with van der Waals surface area (Å²) in [6.45, 7) is 2.52. The van der Waals surface area contributed by atoms with E-state index in [1.165, 1.54) is 0 Å². The number of nitrogens with one attached hydrogen (secondary N) is 1. The summed E-state index contributed by atoms with van der Waals surface area (Å²) >= 11 is 14.4. The van der Waals surface area contributed by atoms with Crippen molar-refractivity contribution in [2.45, 2.75) is 24.0 Å². The van der Waals surface area contributed by atoms with Gasteiger partial charge in [-0.2, -0.15) is 5.10 Å². The van der Waals surface area contributed by atoms with Crippen LogP contribution >= 0.6 is 80.3 Å². The molecule has 0 atom stereocenters. The van der Waals surface area contributed by atoms with E-state index in [2.05, 4.69) is 62.6 Å². The molecule has 1 aliphatic rings. The normalized spacial score (nSPS) is 15.6. The van der Waals surface area contributed by atoms with Crippen LogP contribution in [0.15, 0.2) is 41.5 Å². The maximum atomic E-state index is 12.1. The quantitative estimate of drug-likeness (QED) is 0.218. The molecule has 2 aromatic carbocycles. The number of hydrogen-bond donors (Lipinski definition) is 1. The molecule has 29 heavy (non-hydrogen) atoms. The monoisotopic (exact) mass is 672 g/mol. The highest BCUT2D eigenvalue weighted by atomic mass is 127. The molecule has 1 N–H and O–H groups in total. The van der Waals surface area contributed by atoms with Gasteiger partial charge in [-0.25, -0.2) is 5.43 Å². The molecule has 0 aliphatic carbocycles. The molecule has 0 saturated carbocycles. The zero-order chi connectivity index (χ0) is 20.9. The Kier molecular flexibility index (Phi) is 8.85. The smallest absolute Gasteiger partial charge is 0.242 e. The van der Waals surface area contributed by atoms with Gasteiger partial charge in [-0.1, -0.05) is 29.8 Å². The van der Waals surface area contributed by atoms with Crippen molar-refractivity contribution in [2.24, 2.45) is 5.10 Å². The van der Waals surface area contributed by atoms with Crippen LogP contribution in [0, 0.1) is 7.14 Å². The number of thioether (sulfide) groups is 2. The third kappa shape index (κ3) is 6.91. The number of halogens is 3. The van der Waals surface area contributed by atoms with Crippen molar-refractivity contribution in [3.63, 3.8) is 0 Å². The molecule has 0 spiro atoms. The van der Waals surface area contributed by atoms with Crippen LogP contribution in [0.4, 0.5) is 0 Å². The number of rotatable bonds is 7. The van der Waals surface area contributed by atoms with Crippen molar-refractivity contribution in [3.8, 4) is 5.75 Å². The lowest BCUT2D eigenvalue weighted by molar-refractivity contribution is -0.121. The molecule has 4 nitrogen and oxygen atoms in total. The van der Waals surface area contributed by atoms with Crippen LogP contribution in [-0.4, -0.2) is 27.7 Å². The Morgan fingerprint density at radius 2 is 1.93 bits per heavy atom.